The Morgan fingerprint density at radius 3 is 2.90 bits per heavy atom. The minimum atomic E-state index is 0.155. The molecule has 1 heterocycles. The Labute approximate surface area is 61.0 Å². The molecule has 0 radical (unpaired) electrons. The van der Waals surface area contributed by atoms with Crippen LogP contribution < -0.4 is 11.1 Å². The predicted octanol–water partition coefficient (Wildman–Crippen LogP) is -0.140. The average Bonchev–Trinajstić information content (AvgIpc) is 2.30. The van der Waals surface area contributed by atoms with Gasteiger partial charge in [-0.25, -0.2) is 0 Å². The summed E-state index contributed by atoms with van der Waals surface area (Å²) in [6.07, 6.45) is 1.71. The summed E-state index contributed by atoms with van der Waals surface area (Å²) in [6.45, 7) is 2.66. The maximum atomic E-state index is 10.8. The summed E-state index contributed by atoms with van der Waals surface area (Å²) in [7, 11) is 0. The molecule has 0 bridgehead atoms. The van der Waals surface area contributed by atoms with Gasteiger partial charge in [-0.2, -0.15) is 0 Å². The van der Waals surface area contributed by atoms with Gasteiger partial charge in [0.15, 0.2) is 0 Å². The van der Waals surface area contributed by atoms with Gasteiger partial charge in [0, 0.05) is 19.0 Å². The monoisotopic (exact) mass is 142 g/mol. The van der Waals surface area contributed by atoms with Crippen LogP contribution in [0.5, 0.6) is 0 Å². The Kier molecular flexibility index (Phi) is 2.27. The first-order chi connectivity index (χ1) is 4.77. The van der Waals surface area contributed by atoms with E-state index in [1.165, 1.54) is 0 Å². The molecule has 2 atom stereocenters. The highest BCUT2D eigenvalue weighted by Crippen LogP contribution is 2.18. The van der Waals surface area contributed by atoms with Crippen molar-refractivity contribution < 1.29 is 4.79 Å². The lowest BCUT2D eigenvalue weighted by atomic mass is 9.98. The molecule has 0 spiro atoms. The van der Waals surface area contributed by atoms with Gasteiger partial charge in [-0.15, -0.1) is 0 Å². The standard InChI is InChI=1S/C7H14N2O/c1-2-5-3-7(10)9-6(5)4-8/h5-6H,2-4,8H2,1H3,(H,9,10). The highest BCUT2D eigenvalue weighted by molar-refractivity contribution is 5.79. The molecule has 0 aliphatic carbocycles. The van der Waals surface area contributed by atoms with Crippen LogP contribution in [0.3, 0.4) is 0 Å². The third-order valence-electron chi connectivity index (χ3n) is 2.14. The molecule has 3 heteroatoms. The SMILES string of the molecule is CCC1CC(=O)NC1CN. The molecule has 58 valence electrons. The number of rotatable bonds is 2. The van der Waals surface area contributed by atoms with E-state index in [1.807, 2.05) is 0 Å². The van der Waals surface area contributed by atoms with Crippen molar-refractivity contribution >= 4 is 5.91 Å². The highest BCUT2D eigenvalue weighted by Gasteiger charge is 2.29. The molecular weight excluding hydrogens is 128 g/mol. The Morgan fingerprint density at radius 1 is 1.80 bits per heavy atom. The molecule has 10 heavy (non-hydrogen) atoms. The molecule has 1 fully saturated rings. The van der Waals surface area contributed by atoms with E-state index in [4.69, 9.17) is 5.73 Å². The molecule has 3 nitrogen and oxygen atoms in total. The minimum Gasteiger partial charge on any atom is -0.352 e. The third-order valence-corrected chi connectivity index (χ3v) is 2.14. The van der Waals surface area contributed by atoms with Crippen molar-refractivity contribution in [1.29, 1.82) is 0 Å². The molecule has 1 rings (SSSR count). The van der Waals surface area contributed by atoms with E-state index in [0.29, 0.717) is 18.9 Å². The molecule has 0 aromatic rings. The topological polar surface area (TPSA) is 55.1 Å². The lowest BCUT2D eigenvalue weighted by molar-refractivity contribution is -0.119. The van der Waals surface area contributed by atoms with Crippen LogP contribution in [-0.4, -0.2) is 18.5 Å². The second-order valence-electron chi connectivity index (χ2n) is 2.78. The van der Waals surface area contributed by atoms with Crippen LogP contribution in [0.4, 0.5) is 0 Å². The maximum absolute atomic E-state index is 10.8. The average molecular weight is 142 g/mol. The van der Waals surface area contributed by atoms with E-state index in [-0.39, 0.29) is 11.9 Å². The molecule has 2 unspecified atom stereocenters. The van der Waals surface area contributed by atoms with E-state index >= 15 is 0 Å². The Balaban J connectivity index is 2.48. The van der Waals surface area contributed by atoms with Crippen molar-refractivity contribution in [3.8, 4) is 0 Å². The van der Waals surface area contributed by atoms with Crippen LogP contribution in [0.1, 0.15) is 19.8 Å². The van der Waals surface area contributed by atoms with Crippen molar-refractivity contribution in [3.05, 3.63) is 0 Å². The van der Waals surface area contributed by atoms with Crippen molar-refractivity contribution in [2.24, 2.45) is 11.7 Å². The molecule has 0 aromatic heterocycles. The van der Waals surface area contributed by atoms with E-state index in [1.54, 1.807) is 0 Å². The lowest BCUT2D eigenvalue weighted by Crippen LogP contribution is -2.35. The van der Waals surface area contributed by atoms with Crippen molar-refractivity contribution in [1.82, 2.24) is 5.32 Å². The summed E-state index contributed by atoms with van der Waals surface area (Å²) in [5.41, 5.74) is 5.45. The number of amides is 1. The number of carbonyl (C=O) groups is 1. The van der Waals surface area contributed by atoms with Crippen LogP contribution >= 0.6 is 0 Å². The van der Waals surface area contributed by atoms with Gasteiger partial charge in [-0.05, 0) is 5.92 Å². The number of carbonyl (C=O) groups excluding carboxylic acids is 1. The van der Waals surface area contributed by atoms with E-state index in [9.17, 15) is 4.79 Å². The minimum absolute atomic E-state index is 0.155. The smallest absolute Gasteiger partial charge is 0.220 e. The second kappa shape index (κ2) is 3.01. The summed E-state index contributed by atoms with van der Waals surface area (Å²) in [6, 6.07) is 0.234. The lowest BCUT2D eigenvalue weighted by Gasteiger charge is -2.13. The number of nitrogens with one attached hydrogen (secondary N) is 1. The predicted molar refractivity (Wildman–Crippen MR) is 39.4 cm³/mol. The molecule has 1 amide bonds. The highest BCUT2D eigenvalue weighted by atomic mass is 16.2. The Bertz CT molecular complexity index is 122. The quantitative estimate of drug-likeness (QED) is 0.564. The van der Waals surface area contributed by atoms with Gasteiger partial charge >= 0.3 is 0 Å². The number of hydrogen-bond acceptors (Lipinski definition) is 2. The van der Waals surface area contributed by atoms with Crippen LogP contribution in [0.2, 0.25) is 0 Å². The zero-order valence-corrected chi connectivity index (χ0v) is 6.26. The van der Waals surface area contributed by atoms with Crippen LogP contribution in [0.25, 0.3) is 0 Å². The first-order valence-electron chi connectivity index (χ1n) is 3.77. The van der Waals surface area contributed by atoms with Gasteiger partial charge in [-0.1, -0.05) is 13.3 Å². The third kappa shape index (κ3) is 1.29. The maximum Gasteiger partial charge on any atom is 0.220 e. The van der Waals surface area contributed by atoms with Gasteiger partial charge in [-0.3, -0.25) is 4.79 Å². The number of nitrogens with two attached hydrogens (primary N) is 1. The Hall–Kier alpha value is -0.570. The van der Waals surface area contributed by atoms with Crippen molar-refractivity contribution in [2.75, 3.05) is 6.54 Å². The van der Waals surface area contributed by atoms with E-state index in [0.717, 1.165) is 6.42 Å². The molecular formula is C7H14N2O. The molecule has 1 aliphatic rings. The molecule has 1 aliphatic heterocycles. The van der Waals surface area contributed by atoms with Gasteiger partial charge in [0.05, 0.1) is 0 Å². The van der Waals surface area contributed by atoms with Crippen LogP contribution in [0, 0.1) is 5.92 Å². The van der Waals surface area contributed by atoms with Gasteiger partial charge in [0.1, 0.15) is 0 Å². The van der Waals surface area contributed by atoms with Gasteiger partial charge in [0.2, 0.25) is 5.91 Å². The fourth-order valence-corrected chi connectivity index (χ4v) is 1.44. The molecule has 1 saturated heterocycles. The fraction of sp³-hybridized carbons (Fsp3) is 0.857. The van der Waals surface area contributed by atoms with E-state index < -0.39 is 0 Å². The first kappa shape index (κ1) is 7.54. The van der Waals surface area contributed by atoms with Crippen molar-refractivity contribution in [2.45, 2.75) is 25.8 Å². The molecule has 0 saturated carbocycles. The largest absolute Gasteiger partial charge is 0.352 e. The van der Waals surface area contributed by atoms with Gasteiger partial charge in [0.25, 0.3) is 0 Å². The van der Waals surface area contributed by atoms with Crippen molar-refractivity contribution in [3.63, 3.8) is 0 Å². The van der Waals surface area contributed by atoms with Gasteiger partial charge < -0.3 is 11.1 Å². The first-order valence-corrected chi connectivity index (χ1v) is 3.77. The Morgan fingerprint density at radius 2 is 2.50 bits per heavy atom. The second-order valence-corrected chi connectivity index (χ2v) is 2.78. The summed E-state index contributed by atoms with van der Waals surface area (Å²) in [4.78, 5) is 10.8. The summed E-state index contributed by atoms with van der Waals surface area (Å²) in [5.74, 6) is 0.625. The molecule has 0 aromatic carbocycles. The van der Waals surface area contributed by atoms with Crippen LogP contribution in [-0.2, 0) is 4.79 Å². The summed E-state index contributed by atoms with van der Waals surface area (Å²) < 4.78 is 0. The summed E-state index contributed by atoms with van der Waals surface area (Å²) in [5, 5.41) is 2.84. The van der Waals surface area contributed by atoms with E-state index in [2.05, 4.69) is 12.2 Å². The summed E-state index contributed by atoms with van der Waals surface area (Å²) >= 11 is 0. The fourth-order valence-electron chi connectivity index (χ4n) is 1.44. The number of hydrogen-bond donors (Lipinski definition) is 2. The normalized spacial score (nSPS) is 32.4. The molecule has 3 N–H and O–H groups in total. The zero-order valence-electron chi connectivity index (χ0n) is 6.26. The zero-order chi connectivity index (χ0) is 7.56. The van der Waals surface area contributed by atoms with Crippen LogP contribution in [0.15, 0.2) is 0 Å².